The number of aliphatic hydroxyl groups is 1. The monoisotopic (exact) mass is 223 g/mol. The van der Waals surface area contributed by atoms with Crippen molar-refractivity contribution >= 4 is 0 Å². The summed E-state index contributed by atoms with van der Waals surface area (Å²) in [5.41, 5.74) is 1.66. The molecule has 0 aliphatic rings. The Hall–Kier alpha value is -1.06. The van der Waals surface area contributed by atoms with E-state index in [0.29, 0.717) is 12.3 Å². The van der Waals surface area contributed by atoms with Crippen LogP contribution >= 0.6 is 0 Å². The highest BCUT2D eigenvalue weighted by molar-refractivity contribution is 5.39. The van der Waals surface area contributed by atoms with Gasteiger partial charge in [0.15, 0.2) is 0 Å². The number of nitrogens with one attached hydrogen (secondary N) is 1. The number of aryl methyl sites for hydroxylation is 1. The lowest BCUT2D eigenvalue weighted by atomic mass is 9.95. The number of rotatable bonds is 5. The largest absolute Gasteiger partial charge is 0.507 e. The molecule has 3 nitrogen and oxygen atoms in total. The minimum absolute atomic E-state index is 0.126. The molecular formula is C13H21NO2. The second-order valence-corrected chi connectivity index (χ2v) is 5.01. The first kappa shape index (κ1) is 13.0. The number of hydrogen-bond acceptors (Lipinski definition) is 3. The third-order valence-electron chi connectivity index (χ3n) is 2.67. The molecule has 1 aromatic carbocycles. The molecule has 0 aromatic heterocycles. The highest BCUT2D eigenvalue weighted by atomic mass is 16.3. The number of aromatic hydroxyl groups is 1. The average Bonchev–Trinajstić information content (AvgIpc) is 2.24. The van der Waals surface area contributed by atoms with Crippen LogP contribution in [0.5, 0.6) is 5.75 Å². The van der Waals surface area contributed by atoms with Crippen molar-refractivity contribution in [1.29, 1.82) is 0 Å². The van der Waals surface area contributed by atoms with E-state index in [2.05, 4.69) is 5.32 Å². The normalized spacial score (nSPS) is 11.8. The first-order valence-electron chi connectivity index (χ1n) is 5.55. The van der Waals surface area contributed by atoms with Crippen LogP contribution in [0.3, 0.4) is 0 Å². The molecular weight excluding hydrogens is 202 g/mol. The number of hydrogen-bond donors (Lipinski definition) is 3. The van der Waals surface area contributed by atoms with Crippen molar-refractivity contribution in [2.24, 2.45) is 5.41 Å². The van der Waals surface area contributed by atoms with Crippen LogP contribution in [-0.2, 0) is 6.54 Å². The van der Waals surface area contributed by atoms with Crippen LogP contribution < -0.4 is 5.32 Å². The van der Waals surface area contributed by atoms with Gasteiger partial charge in [-0.2, -0.15) is 0 Å². The lowest BCUT2D eigenvalue weighted by Gasteiger charge is -2.22. The van der Waals surface area contributed by atoms with E-state index in [1.807, 2.05) is 39.0 Å². The van der Waals surface area contributed by atoms with Gasteiger partial charge in [-0.15, -0.1) is 0 Å². The Balaban J connectivity index is 2.53. The molecule has 0 radical (unpaired) electrons. The lowest BCUT2D eigenvalue weighted by Crippen LogP contribution is -2.31. The topological polar surface area (TPSA) is 52.5 Å². The number of benzene rings is 1. The third kappa shape index (κ3) is 3.51. The average molecular weight is 223 g/mol. The maximum absolute atomic E-state index is 9.79. The second-order valence-electron chi connectivity index (χ2n) is 5.01. The molecule has 0 unspecified atom stereocenters. The van der Waals surface area contributed by atoms with Gasteiger partial charge in [0.05, 0.1) is 0 Å². The van der Waals surface area contributed by atoms with Gasteiger partial charge in [0, 0.05) is 30.7 Å². The summed E-state index contributed by atoms with van der Waals surface area (Å²) in [5.74, 6) is 0.358. The fraction of sp³-hybridized carbons (Fsp3) is 0.538. The number of phenolic OH excluding ortho intramolecular Hbond substituents is 1. The molecule has 0 saturated carbocycles. The molecule has 3 heteroatoms. The molecule has 0 fully saturated rings. The molecule has 16 heavy (non-hydrogen) atoms. The summed E-state index contributed by atoms with van der Waals surface area (Å²) < 4.78 is 0. The smallest absolute Gasteiger partial charge is 0.122 e. The molecule has 0 saturated heterocycles. The summed E-state index contributed by atoms with van der Waals surface area (Å²) in [7, 11) is 0. The molecule has 0 heterocycles. The standard InChI is InChI=1S/C13H21NO2/c1-10-5-4-6-11(12(10)16)7-14-8-13(2,3)9-15/h4-6,14-16H,7-9H2,1-3H3. The van der Waals surface area contributed by atoms with E-state index in [0.717, 1.165) is 17.7 Å². The van der Waals surface area contributed by atoms with E-state index in [1.165, 1.54) is 0 Å². The second kappa shape index (κ2) is 5.32. The maximum Gasteiger partial charge on any atom is 0.122 e. The van der Waals surface area contributed by atoms with Crippen molar-refractivity contribution in [3.8, 4) is 5.75 Å². The minimum atomic E-state index is -0.126. The minimum Gasteiger partial charge on any atom is -0.507 e. The molecule has 0 amide bonds. The third-order valence-corrected chi connectivity index (χ3v) is 2.67. The zero-order valence-electron chi connectivity index (χ0n) is 10.2. The van der Waals surface area contributed by atoms with Gasteiger partial charge in [-0.3, -0.25) is 0 Å². The first-order valence-corrected chi connectivity index (χ1v) is 5.55. The van der Waals surface area contributed by atoms with Crippen molar-refractivity contribution in [2.75, 3.05) is 13.2 Å². The van der Waals surface area contributed by atoms with Crippen LogP contribution in [0.2, 0.25) is 0 Å². The zero-order valence-corrected chi connectivity index (χ0v) is 10.2. The van der Waals surface area contributed by atoms with Crippen molar-refractivity contribution in [2.45, 2.75) is 27.3 Å². The molecule has 0 bridgehead atoms. The van der Waals surface area contributed by atoms with Crippen molar-refractivity contribution in [3.63, 3.8) is 0 Å². The summed E-state index contributed by atoms with van der Waals surface area (Å²) in [6.07, 6.45) is 0. The summed E-state index contributed by atoms with van der Waals surface area (Å²) in [6, 6.07) is 5.72. The highest BCUT2D eigenvalue weighted by Crippen LogP contribution is 2.21. The van der Waals surface area contributed by atoms with Gasteiger partial charge >= 0.3 is 0 Å². The van der Waals surface area contributed by atoms with Crippen LogP contribution in [0.15, 0.2) is 18.2 Å². The molecule has 1 rings (SSSR count). The number of para-hydroxylation sites is 1. The summed E-state index contributed by atoms with van der Waals surface area (Å²) in [5, 5.41) is 22.1. The van der Waals surface area contributed by atoms with Gasteiger partial charge in [-0.05, 0) is 12.5 Å². The predicted molar refractivity (Wildman–Crippen MR) is 65.4 cm³/mol. The van der Waals surface area contributed by atoms with Gasteiger partial charge in [0.1, 0.15) is 5.75 Å². The Morgan fingerprint density at radius 2 is 2.00 bits per heavy atom. The first-order chi connectivity index (χ1) is 7.46. The summed E-state index contributed by atoms with van der Waals surface area (Å²) in [4.78, 5) is 0. The molecule has 0 spiro atoms. The van der Waals surface area contributed by atoms with Gasteiger partial charge < -0.3 is 15.5 Å². The van der Waals surface area contributed by atoms with Crippen LogP contribution in [0, 0.1) is 12.3 Å². The van der Waals surface area contributed by atoms with Crippen LogP contribution in [-0.4, -0.2) is 23.4 Å². The van der Waals surface area contributed by atoms with E-state index < -0.39 is 0 Å². The Bertz CT molecular complexity index is 348. The van der Waals surface area contributed by atoms with Gasteiger partial charge in [-0.1, -0.05) is 32.0 Å². The summed E-state index contributed by atoms with van der Waals surface area (Å²) >= 11 is 0. The molecule has 90 valence electrons. The quantitative estimate of drug-likeness (QED) is 0.713. The zero-order chi connectivity index (χ0) is 12.2. The molecule has 0 aliphatic carbocycles. The SMILES string of the molecule is Cc1cccc(CNCC(C)(C)CO)c1O. The van der Waals surface area contributed by atoms with E-state index in [1.54, 1.807) is 0 Å². The van der Waals surface area contributed by atoms with E-state index >= 15 is 0 Å². The highest BCUT2D eigenvalue weighted by Gasteiger charge is 2.15. The van der Waals surface area contributed by atoms with Crippen LogP contribution in [0.25, 0.3) is 0 Å². The molecule has 3 N–H and O–H groups in total. The van der Waals surface area contributed by atoms with Crippen molar-refractivity contribution < 1.29 is 10.2 Å². The fourth-order valence-corrected chi connectivity index (χ4v) is 1.45. The molecule has 0 aliphatic heterocycles. The van der Waals surface area contributed by atoms with Crippen molar-refractivity contribution in [3.05, 3.63) is 29.3 Å². The predicted octanol–water partition coefficient (Wildman–Crippen LogP) is 1.81. The maximum atomic E-state index is 9.79. The molecule has 0 atom stereocenters. The Morgan fingerprint density at radius 3 is 2.62 bits per heavy atom. The van der Waals surface area contributed by atoms with E-state index in [9.17, 15) is 5.11 Å². The molecule has 1 aromatic rings. The van der Waals surface area contributed by atoms with E-state index in [4.69, 9.17) is 5.11 Å². The van der Waals surface area contributed by atoms with E-state index in [-0.39, 0.29) is 12.0 Å². The number of phenols is 1. The Labute approximate surface area is 97.1 Å². The Kier molecular flexibility index (Phi) is 4.33. The Morgan fingerprint density at radius 1 is 1.31 bits per heavy atom. The lowest BCUT2D eigenvalue weighted by molar-refractivity contribution is 0.156. The van der Waals surface area contributed by atoms with Crippen LogP contribution in [0.1, 0.15) is 25.0 Å². The van der Waals surface area contributed by atoms with Gasteiger partial charge in [0.25, 0.3) is 0 Å². The number of aliphatic hydroxyl groups excluding tert-OH is 1. The van der Waals surface area contributed by atoms with Crippen molar-refractivity contribution in [1.82, 2.24) is 5.32 Å². The van der Waals surface area contributed by atoms with Crippen LogP contribution in [0.4, 0.5) is 0 Å². The summed E-state index contributed by atoms with van der Waals surface area (Å²) in [6.45, 7) is 7.37. The van der Waals surface area contributed by atoms with Gasteiger partial charge in [0.2, 0.25) is 0 Å². The fourth-order valence-electron chi connectivity index (χ4n) is 1.45. The van der Waals surface area contributed by atoms with Gasteiger partial charge in [-0.25, -0.2) is 0 Å².